The summed E-state index contributed by atoms with van der Waals surface area (Å²) in [4.78, 5) is 40.3. The Morgan fingerprint density at radius 3 is 2.55 bits per heavy atom. The van der Waals surface area contributed by atoms with Crippen molar-refractivity contribution in [1.82, 2.24) is 15.0 Å². The fourth-order valence-electron chi connectivity index (χ4n) is 5.94. The molecule has 1 amide bonds. The summed E-state index contributed by atoms with van der Waals surface area (Å²) in [6.45, 7) is 6.21. The number of H-pyrrole nitrogens is 1. The Hall–Kier alpha value is -4.50. The Balaban J connectivity index is 1.21. The third-order valence-electron chi connectivity index (χ3n) is 7.88. The summed E-state index contributed by atoms with van der Waals surface area (Å²) in [6, 6.07) is 23.6. The smallest absolute Gasteiger partial charge is 0.307 e. The van der Waals surface area contributed by atoms with Crippen LogP contribution in [0.15, 0.2) is 78.2 Å². The van der Waals surface area contributed by atoms with Crippen LogP contribution in [0.25, 0.3) is 22.3 Å². The molecule has 1 aliphatic rings. The van der Waals surface area contributed by atoms with Crippen LogP contribution in [0.1, 0.15) is 50.1 Å². The van der Waals surface area contributed by atoms with Crippen molar-refractivity contribution in [3.05, 3.63) is 88.7 Å². The van der Waals surface area contributed by atoms with Gasteiger partial charge in [0.15, 0.2) is 0 Å². The molecule has 42 heavy (non-hydrogen) atoms. The Bertz CT molecular complexity index is 1720. The van der Waals surface area contributed by atoms with Crippen molar-refractivity contribution in [2.45, 2.75) is 46.1 Å². The number of carboxylic acid groups (broad SMARTS) is 1. The van der Waals surface area contributed by atoms with Crippen molar-refractivity contribution in [2.75, 3.05) is 10.2 Å². The first-order valence-corrected chi connectivity index (χ1v) is 14.9. The van der Waals surface area contributed by atoms with Crippen LogP contribution in [-0.4, -0.2) is 31.9 Å². The fourth-order valence-corrected chi connectivity index (χ4v) is 6.73. The number of carbonyl (C=O) groups is 2. The molecule has 0 saturated heterocycles. The third-order valence-corrected chi connectivity index (χ3v) is 8.71. The van der Waals surface area contributed by atoms with Gasteiger partial charge in [0.05, 0.1) is 29.2 Å². The number of hydrogen-bond acceptors (Lipinski definition) is 6. The lowest BCUT2D eigenvalue weighted by Crippen LogP contribution is -2.34. The molecule has 214 valence electrons. The summed E-state index contributed by atoms with van der Waals surface area (Å²) in [5.41, 5.74) is 5.84. The van der Waals surface area contributed by atoms with E-state index in [-0.39, 0.29) is 18.2 Å². The summed E-state index contributed by atoms with van der Waals surface area (Å²) < 4.78 is 0. The first-order chi connectivity index (χ1) is 20.2. The van der Waals surface area contributed by atoms with Crippen LogP contribution in [0.5, 0.6) is 0 Å². The van der Waals surface area contributed by atoms with Gasteiger partial charge < -0.3 is 20.3 Å². The van der Waals surface area contributed by atoms with E-state index in [9.17, 15) is 14.7 Å². The highest BCUT2D eigenvalue weighted by Crippen LogP contribution is 2.46. The SMILES string of the molecule is CC(C)(C)C(C(=O)O)C1CCC(=O)N(Cc2nc(-c3ccc(Nc4nc5ccccc5[nH]4)cc3)cs2)c2ccccc21. The highest BCUT2D eigenvalue weighted by Gasteiger charge is 2.42. The summed E-state index contributed by atoms with van der Waals surface area (Å²) in [6.07, 6.45) is 0.787. The molecule has 2 unspecified atom stereocenters. The number of para-hydroxylation sites is 3. The minimum Gasteiger partial charge on any atom is -0.481 e. The molecule has 3 N–H and O–H groups in total. The second kappa shape index (κ2) is 11.1. The molecule has 0 spiro atoms. The van der Waals surface area contributed by atoms with Crippen LogP contribution < -0.4 is 10.2 Å². The van der Waals surface area contributed by atoms with Gasteiger partial charge in [-0.1, -0.05) is 63.2 Å². The number of aromatic amines is 1. The average Bonchev–Trinajstić information content (AvgIpc) is 3.57. The van der Waals surface area contributed by atoms with E-state index in [4.69, 9.17) is 4.98 Å². The molecule has 2 aromatic heterocycles. The first-order valence-electron chi connectivity index (χ1n) is 14.1. The number of fused-ring (bicyclic) bond motifs is 2. The van der Waals surface area contributed by atoms with Gasteiger partial charge in [0.2, 0.25) is 11.9 Å². The van der Waals surface area contributed by atoms with Crippen molar-refractivity contribution in [2.24, 2.45) is 11.3 Å². The molecular weight excluding hydrogens is 546 g/mol. The molecule has 2 atom stereocenters. The lowest BCUT2D eigenvalue weighted by atomic mass is 9.69. The van der Waals surface area contributed by atoms with Gasteiger partial charge >= 0.3 is 5.97 Å². The lowest BCUT2D eigenvalue weighted by molar-refractivity contribution is -0.147. The zero-order valence-electron chi connectivity index (χ0n) is 23.8. The van der Waals surface area contributed by atoms with Gasteiger partial charge in [-0.2, -0.15) is 0 Å². The molecule has 0 fully saturated rings. The van der Waals surface area contributed by atoms with Gasteiger partial charge in [0.1, 0.15) is 5.01 Å². The highest BCUT2D eigenvalue weighted by molar-refractivity contribution is 7.10. The van der Waals surface area contributed by atoms with Crippen LogP contribution in [-0.2, 0) is 16.1 Å². The van der Waals surface area contributed by atoms with Gasteiger partial charge in [0, 0.05) is 34.7 Å². The number of carbonyl (C=O) groups excluding carboxylic acids is 1. The predicted molar refractivity (Wildman–Crippen MR) is 167 cm³/mol. The second-order valence-corrected chi connectivity index (χ2v) is 12.7. The van der Waals surface area contributed by atoms with Gasteiger partial charge in [-0.05, 0) is 47.7 Å². The monoisotopic (exact) mass is 579 g/mol. The number of rotatable bonds is 7. The number of hydrogen-bond donors (Lipinski definition) is 3. The maximum atomic E-state index is 13.4. The number of anilines is 3. The number of nitrogens with zero attached hydrogens (tertiary/aromatic N) is 3. The summed E-state index contributed by atoms with van der Waals surface area (Å²) in [5.74, 6) is -1.03. The molecule has 8 nitrogen and oxygen atoms in total. The Morgan fingerprint density at radius 1 is 1.07 bits per heavy atom. The molecular formula is C33H33N5O3S. The van der Waals surface area contributed by atoms with Crippen molar-refractivity contribution < 1.29 is 14.7 Å². The molecule has 1 aliphatic heterocycles. The molecule has 9 heteroatoms. The van der Waals surface area contributed by atoms with Crippen molar-refractivity contribution >= 4 is 51.6 Å². The van der Waals surface area contributed by atoms with E-state index in [1.165, 1.54) is 11.3 Å². The van der Waals surface area contributed by atoms with E-state index in [2.05, 4.69) is 15.3 Å². The van der Waals surface area contributed by atoms with E-state index in [0.717, 1.165) is 44.2 Å². The minimum absolute atomic E-state index is 0.0132. The van der Waals surface area contributed by atoms with Crippen LogP contribution in [0.2, 0.25) is 0 Å². The predicted octanol–water partition coefficient (Wildman–Crippen LogP) is 7.59. The first kappa shape index (κ1) is 27.7. The summed E-state index contributed by atoms with van der Waals surface area (Å²) in [7, 11) is 0. The summed E-state index contributed by atoms with van der Waals surface area (Å²) >= 11 is 1.52. The van der Waals surface area contributed by atoms with Crippen LogP contribution in [0.4, 0.5) is 17.3 Å². The number of nitrogens with one attached hydrogen (secondary N) is 2. The fraction of sp³-hybridized carbons (Fsp3) is 0.273. The lowest BCUT2D eigenvalue weighted by Gasteiger charge is -2.34. The molecule has 0 bridgehead atoms. The zero-order chi connectivity index (χ0) is 29.4. The molecule has 5 aromatic rings. The maximum absolute atomic E-state index is 13.4. The number of carboxylic acids is 1. The van der Waals surface area contributed by atoms with E-state index in [0.29, 0.717) is 18.9 Å². The number of amides is 1. The molecule has 0 radical (unpaired) electrons. The van der Waals surface area contributed by atoms with Crippen LogP contribution >= 0.6 is 11.3 Å². The quantitative estimate of drug-likeness (QED) is 0.183. The number of imidazole rings is 1. The number of aromatic nitrogens is 3. The Kier molecular flexibility index (Phi) is 7.28. The van der Waals surface area contributed by atoms with Gasteiger partial charge in [0.25, 0.3) is 0 Å². The third kappa shape index (κ3) is 5.52. The standard InChI is InChI=1S/C33H33N5O3S/c1-33(2,3)30(31(40)41)23-16-17-29(39)38(27-11-7-4-8-22(23)27)18-28-35-26(19-42-28)20-12-14-21(15-13-20)34-32-36-24-9-5-6-10-25(24)37-32/h4-15,19,23,30H,16-18H2,1-3H3,(H,40,41)(H2,34,36,37). The van der Waals surface area contributed by atoms with Gasteiger partial charge in [-0.15, -0.1) is 11.3 Å². The maximum Gasteiger partial charge on any atom is 0.307 e. The van der Waals surface area contributed by atoms with Crippen LogP contribution in [0.3, 0.4) is 0 Å². The number of benzene rings is 3. The van der Waals surface area contributed by atoms with E-state index < -0.39 is 17.3 Å². The molecule has 0 saturated carbocycles. The highest BCUT2D eigenvalue weighted by atomic mass is 32.1. The normalized spacial score (nSPS) is 16.2. The topological polar surface area (TPSA) is 111 Å². The molecule has 3 aromatic carbocycles. The molecule has 3 heterocycles. The van der Waals surface area contributed by atoms with E-state index in [1.807, 2.05) is 98.9 Å². The minimum atomic E-state index is -0.827. The summed E-state index contributed by atoms with van der Waals surface area (Å²) in [5, 5.41) is 16.3. The number of aliphatic carboxylic acids is 1. The van der Waals surface area contributed by atoms with Gasteiger partial charge in [-0.3, -0.25) is 9.59 Å². The van der Waals surface area contributed by atoms with Crippen LogP contribution in [0, 0.1) is 11.3 Å². The molecule has 6 rings (SSSR count). The van der Waals surface area contributed by atoms with Crippen molar-refractivity contribution in [1.29, 1.82) is 0 Å². The van der Waals surface area contributed by atoms with E-state index >= 15 is 0 Å². The van der Waals surface area contributed by atoms with Crippen molar-refractivity contribution in [3.63, 3.8) is 0 Å². The average molecular weight is 580 g/mol. The van der Waals surface area contributed by atoms with E-state index in [1.54, 1.807) is 4.90 Å². The second-order valence-electron chi connectivity index (χ2n) is 11.8. The molecule has 0 aliphatic carbocycles. The zero-order valence-corrected chi connectivity index (χ0v) is 24.6. The van der Waals surface area contributed by atoms with Gasteiger partial charge in [-0.25, -0.2) is 9.97 Å². The Labute approximate surface area is 248 Å². The Morgan fingerprint density at radius 2 is 1.81 bits per heavy atom. The largest absolute Gasteiger partial charge is 0.481 e. The van der Waals surface area contributed by atoms with Crippen molar-refractivity contribution in [3.8, 4) is 11.3 Å². The number of thiazole rings is 1.